The van der Waals surface area contributed by atoms with Crippen molar-refractivity contribution < 1.29 is 13.2 Å². The van der Waals surface area contributed by atoms with Crippen LogP contribution < -0.4 is 0 Å². The highest BCUT2D eigenvalue weighted by Crippen LogP contribution is 2.41. The monoisotopic (exact) mass is 1140 g/mol. The van der Waals surface area contributed by atoms with E-state index in [1.807, 2.05) is 54.0 Å². The number of halogens is 3. The van der Waals surface area contributed by atoms with E-state index in [9.17, 15) is 13.2 Å². The molecule has 0 spiro atoms. The average molecular weight is 1140 g/mol. The molecule has 0 amide bonds. The van der Waals surface area contributed by atoms with E-state index < -0.39 is 11.6 Å². The minimum Gasteiger partial charge on any atom is -0.261 e. The minimum atomic E-state index is -4.16. The summed E-state index contributed by atoms with van der Waals surface area (Å²) in [4.78, 5) is 16.0. The molecule has 0 unspecified atom stereocenters. The lowest BCUT2D eigenvalue weighted by Crippen LogP contribution is -2.33. The second kappa shape index (κ2) is 27.4. The molecule has 10 aromatic rings. The Hall–Kier alpha value is -6.30. The summed E-state index contributed by atoms with van der Waals surface area (Å²) in [5, 5.41) is 4.69. The number of para-hydroxylation sites is 1. The van der Waals surface area contributed by atoms with Crippen LogP contribution in [-0.4, -0.2) is 22.4 Å². The third-order valence-corrected chi connectivity index (χ3v) is 17.4. The molecule has 2 aliphatic carbocycles. The second-order valence-corrected chi connectivity index (χ2v) is 27.8. The number of nitrogens with zero attached hydrogens (tertiary/aromatic N) is 3. The number of aryl methyl sites for hydroxylation is 7. The number of allylic oxidation sites excluding steroid dienone is 3. The van der Waals surface area contributed by atoms with Crippen molar-refractivity contribution in [3.63, 3.8) is 0 Å². The summed E-state index contributed by atoms with van der Waals surface area (Å²) in [6.07, 6.45) is 10.4. The van der Waals surface area contributed by atoms with E-state index in [2.05, 4.69) is 211 Å². The van der Waals surface area contributed by atoms with Crippen LogP contribution in [-0.2, 0) is 32.1 Å². The summed E-state index contributed by atoms with van der Waals surface area (Å²) in [5.41, 5.74) is 15.0. The number of fused-ring (bicyclic) bond motifs is 6. The first kappa shape index (κ1) is 61.3. The van der Waals surface area contributed by atoms with Crippen LogP contribution in [0.25, 0.3) is 42.0 Å². The molecule has 416 valence electrons. The zero-order chi connectivity index (χ0) is 57.8. The fourth-order valence-corrected chi connectivity index (χ4v) is 13.0. The molecule has 0 fully saturated rings. The normalized spacial score (nSPS) is 12.7. The van der Waals surface area contributed by atoms with Gasteiger partial charge in [-0.1, -0.05) is 155 Å². The van der Waals surface area contributed by atoms with E-state index in [4.69, 9.17) is 0 Å². The number of alkyl halides is 3. The molecule has 0 saturated heterocycles. The van der Waals surface area contributed by atoms with Crippen molar-refractivity contribution in [2.75, 3.05) is 0 Å². The SMILES string of the molecule is CC1=CCc2ccc(C)cc21.Cc1cc2ccc(CC(C)(C)C)cc2s1.Cc1cc2ccccc2s1.Cc1ccc2c(c1)C=CC2.Cc1ccc2c(c1)N=CC2.Cc1nc2ccccc2s1.Cc1ncc(CC(C)(C)C(F)(F)F)s1. The summed E-state index contributed by atoms with van der Waals surface area (Å²) in [6, 6.07) is 47.7. The number of thiazole rings is 2. The molecule has 0 saturated carbocycles. The Balaban J connectivity index is 0.000000136. The van der Waals surface area contributed by atoms with Gasteiger partial charge < -0.3 is 0 Å². The third kappa shape index (κ3) is 18.1. The lowest BCUT2D eigenvalue weighted by molar-refractivity contribution is -0.210. The van der Waals surface area contributed by atoms with E-state index in [1.165, 1.54) is 122 Å². The number of aromatic nitrogens is 2. The summed E-state index contributed by atoms with van der Waals surface area (Å²) in [5.74, 6) is 0. The van der Waals surface area contributed by atoms with Gasteiger partial charge in [-0.3, -0.25) is 4.99 Å². The van der Waals surface area contributed by atoms with E-state index in [0.717, 1.165) is 46.9 Å². The van der Waals surface area contributed by atoms with Gasteiger partial charge in [0.1, 0.15) is 0 Å². The molecule has 10 heteroatoms. The van der Waals surface area contributed by atoms with Crippen molar-refractivity contribution in [3.05, 3.63) is 227 Å². The molecule has 13 rings (SSSR count). The number of hydrogen-bond donors (Lipinski definition) is 0. The maximum atomic E-state index is 12.5. The second-order valence-electron chi connectivity index (χ2n) is 22.7. The van der Waals surface area contributed by atoms with Gasteiger partial charge in [0.25, 0.3) is 0 Å². The predicted molar refractivity (Wildman–Crippen MR) is 347 cm³/mol. The highest BCUT2D eigenvalue weighted by Gasteiger charge is 2.47. The largest absolute Gasteiger partial charge is 0.394 e. The molecule has 0 bridgehead atoms. The number of aliphatic imine (C=N–C) groups is 1. The summed E-state index contributed by atoms with van der Waals surface area (Å²) >= 11 is 6.81. The summed E-state index contributed by atoms with van der Waals surface area (Å²) in [7, 11) is 0. The average Bonchev–Trinajstić information content (AvgIpc) is 4.29. The fourth-order valence-electron chi connectivity index (χ4n) is 9.24. The number of rotatable bonds is 3. The molecule has 0 N–H and O–H groups in total. The molecule has 80 heavy (non-hydrogen) atoms. The van der Waals surface area contributed by atoms with Crippen molar-refractivity contribution >= 4 is 99.3 Å². The Morgan fingerprint density at radius 3 is 1.81 bits per heavy atom. The van der Waals surface area contributed by atoms with E-state index >= 15 is 0 Å². The molecular formula is C70H76F3N3S4. The van der Waals surface area contributed by atoms with E-state index in [1.54, 1.807) is 18.3 Å². The Labute approximate surface area is 489 Å². The van der Waals surface area contributed by atoms with Gasteiger partial charge >= 0.3 is 6.18 Å². The van der Waals surface area contributed by atoms with Crippen LogP contribution in [0.2, 0.25) is 0 Å². The van der Waals surface area contributed by atoms with Gasteiger partial charge in [-0.05, 0) is 184 Å². The van der Waals surface area contributed by atoms with Crippen molar-refractivity contribution in [3.8, 4) is 0 Å². The van der Waals surface area contributed by atoms with Crippen LogP contribution in [0.15, 0.2) is 157 Å². The lowest BCUT2D eigenvalue weighted by atomic mass is 9.88. The van der Waals surface area contributed by atoms with Gasteiger partial charge in [0.05, 0.1) is 31.3 Å². The number of thiophene rings is 2. The van der Waals surface area contributed by atoms with Crippen molar-refractivity contribution in [1.82, 2.24) is 9.97 Å². The number of hydrogen-bond acceptors (Lipinski definition) is 7. The molecule has 0 radical (unpaired) electrons. The molecule has 3 aliphatic rings. The maximum absolute atomic E-state index is 12.5. The van der Waals surface area contributed by atoms with Gasteiger partial charge in [-0.15, -0.1) is 45.3 Å². The minimum absolute atomic E-state index is 0.00199. The molecule has 3 nitrogen and oxygen atoms in total. The standard InChI is InChI=1S/C14H18S.C11H12.C10H10.C9H12F3NS.C9H9N.C9H8S.C8H7NS/c1-10-7-12-6-5-11(8-13(12)15-10)9-14(2,3)4;1-8-3-5-10-6-4-9(2)11(10)7-8;1-8-5-6-9-3-2-4-10(9)7-8;1-6-13-5-7(14-6)4-8(2,3)9(10,11)12;1-7-2-3-8-4-5-10-9(8)6-7;1-7-6-8-4-2-3-5-9(8)10-7;1-6-9-7-4-2-3-5-8(7)10-6/h5-8H,9H2,1-4H3;3-5,7H,6H2,1-2H3;2,4-7H,3H2,1H3;5H,4H2,1-3H3;2-3,5-6H,4H2,1H3;2-6H,1H3;2-5H,1H3. The smallest absolute Gasteiger partial charge is 0.261 e. The Morgan fingerprint density at radius 2 is 1.15 bits per heavy atom. The maximum Gasteiger partial charge on any atom is 0.394 e. The molecular weight excluding hydrogens is 1070 g/mol. The van der Waals surface area contributed by atoms with E-state index in [-0.39, 0.29) is 6.42 Å². The van der Waals surface area contributed by atoms with Crippen molar-refractivity contribution in [2.45, 2.75) is 128 Å². The first-order valence-corrected chi connectivity index (χ1v) is 30.5. The fraction of sp³-hybridized carbons (Fsp3) is 0.300. The zero-order valence-corrected chi connectivity index (χ0v) is 52.0. The highest BCUT2D eigenvalue weighted by atomic mass is 32.1. The first-order valence-electron chi connectivity index (χ1n) is 27.3. The Bertz CT molecular complexity index is 3560. The van der Waals surface area contributed by atoms with Gasteiger partial charge in [-0.25, -0.2) is 9.97 Å². The van der Waals surface area contributed by atoms with Crippen molar-refractivity contribution in [2.24, 2.45) is 15.8 Å². The van der Waals surface area contributed by atoms with Crippen LogP contribution in [0, 0.1) is 59.3 Å². The van der Waals surface area contributed by atoms with Crippen LogP contribution >= 0.6 is 45.3 Å². The third-order valence-electron chi connectivity index (χ3n) is 13.5. The van der Waals surface area contributed by atoms with Gasteiger partial charge in [-0.2, -0.15) is 13.2 Å². The van der Waals surface area contributed by atoms with Gasteiger partial charge in [0.2, 0.25) is 0 Å². The van der Waals surface area contributed by atoms with E-state index in [0.29, 0.717) is 10.3 Å². The topological polar surface area (TPSA) is 38.1 Å². The number of benzene rings is 6. The first-order chi connectivity index (χ1) is 37.9. The molecule has 4 aromatic heterocycles. The Kier molecular flexibility index (Phi) is 21.0. The van der Waals surface area contributed by atoms with Crippen molar-refractivity contribution in [1.29, 1.82) is 0 Å². The summed E-state index contributed by atoms with van der Waals surface area (Å²) in [6.45, 7) is 26.0. The molecule has 0 atom stereocenters. The van der Waals surface area contributed by atoms with Gasteiger partial charge in [0.15, 0.2) is 0 Å². The quantitative estimate of drug-likeness (QED) is 0.177. The Morgan fingerprint density at radius 1 is 0.525 bits per heavy atom. The molecule has 1 aliphatic heterocycles. The highest BCUT2D eigenvalue weighted by molar-refractivity contribution is 7.19. The van der Waals surface area contributed by atoms with Crippen LogP contribution in [0.1, 0.15) is 116 Å². The molecule has 6 aromatic carbocycles. The van der Waals surface area contributed by atoms with Gasteiger partial charge in [0, 0.05) is 42.9 Å². The predicted octanol–water partition coefficient (Wildman–Crippen LogP) is 22.0. The van der Waals surface area contributed by atoms with Crippen LogP contribution in [0.5, 0.6) is 0 Å². The summed E-state index contributed by atoms with van der Waals surface area (Å²) < 4.78 is 41.6. The zero-order valence-electron chi connectivity index (χ0n) is 48.7. The van der Waals surface area contributed by atoms with Crippen LogP contribution in [0.4, 0.5) is 18.9 Å². The lowest BCUT2D eigenvalue weighted by Gasteiger charge is -2.26. The molecule has 5 heterocycles. The van der Waals surface area contributed by atoms with Crippen LogP contribution in [0.3, 0.4) is 0 Å².